The second-order valence-corrected chi connectivity index (χ2v) is 10.3. The Morgan fingerprint density at radius 3 is 2.43 bits per heavy atom. The molecule has 35 heavy (non-hydrogen) atoms. The molecule has 6 nitrogen and oxygen atoms in total. The summed E-state index contributed by atoms with van der Waals surface area (Å²) in [6.45, 7) is 6.65. The van der Waals surface area contributed by atoms with Crippen LogP contribution >= 0.6 is 0 Å². The maximum Gasteiger partial charge on any atom is 0.573 e. The summed E-state index contributed by atoms with van der Waals surface area (Å²) >= 11 is 0. The molecule has 0 unspecified atom stereocenters. The topological polar surface area (TPSA) is 59.8 Å². The van der Waals surface area contributed by atoms with Crippen molar-refractivity contribution in [2.24, 2.45) is 11.3 Å². The van der Waals surface area contributed by atoms with Crippen LogP contribution in [0.5, 0.6) is 11.5 Å². The number of aliphatic hydroxyl groups is 1. The molecule has 1 fully saturated rings. The number of halogens is 3. The van der Waals surface area contributed by atoms with E-state index in [1.807, 2.05) is 24.1 Å². The Balaban J connectivity index is 1.82. The van der Waals surface area contributed by atoms with Gasteiger partial charge in [-0.05, 0) is 60.9 Å². The number of anilines is 2. The zero-order chi connectivity index (χ0) is 25.5. The highest BCUT2D eigenvalue weighted by molar-refractivity contribution is 5.83. The standard InChI is InChI=1S/C26H32F3N3O3/c1-16-10-19(14-25(2,3)13-16)32-22-12-23(34-5)17(15-33)11-21(22)30-24(32)31(4)18-6-8-20(9-7-18)35-26(27,28)29/h6-9,11-12,16,19,33H,10,13-15H2,1-5H3/t16-,19+/m1/s1. The van der Waals surface area contributed by atoms with Gasteiger partial charge in [0.1, 0.15) is 11.5 Å². The van der Waals surface area contributed by atoms with Gasteiger partial charge in [-0.25, -0.2) is 4.98 Å². The Bertz CT molecular complexity index is 1190. The lowest BCUT2D eigenvalue weighted by molar-refractivity contribution is -0.274. The smallest absolute Gasteiger partial charge is 0.496 e. The largest absolute Gasteiger partial charge is 0.573 e. The maximum absolute atomic E-state index is 12.6. The number of rotatable bonds is 6. The molecule has 0 radical (unpaired) electrons. The molecule has 190 valence electrons. The number of methoxy groups -OCH3 is 1. The average Bonchev–Trinajstić information content (AvgIpc) is 3.14. The van der Waals surface area contributed by atoms with Crippen LogP contribution in [0.1, 0.15) is 51.6 Å². The third-order valence-electron chi connectivity index (χ3n) is 6.73. The second kappa shape index (κ2) is 9.26. The van der Waals surface area contributed by atoms with Gasteiger partial charge in [0.05, 0.1) is 24.8 Å². The van der Waals surface area contributed by atoms with Crippen LogP contribution in [0.3, 0.4) is 0 Å². The van der Waals surface area contributed by atoms with Crippen molar-refractivity contribution < 1.29 is 27.8 Å². The van der Waals surface area contributed by atoms with E-state index in [1.54, 1.807) is 19.2 Å². The van der Waals surface area contributed by atoms with Crippen molar-refractivity contribution in [1.82, 2.24) is 9.55 Å². The minimum absolute atomic E-state index is 0.153. The Hall–Kier alpha value is -2.94. The molecule has 0 amide bonds. The Morgan fingerprint density at radius 1 is 1.17 bits per heavy atom. The van der Waals surface area contributed by atoms with Gasteiger partial charge in [0, 0.05) is 30.4 Å². The minimum atomic E-state index is -4.74. The Labute approximate surface area is 203 Å². The minimum Gasteiger partial charge on any atom is -0.496 e. The summed E-state index contributed by atoms with van der Waals surface area (Å²) in [6, 6.07) is 9.68. The number of aliphatic hydroxyl groups excluding tert-OH is 1. The lowest BCUT2D eigenvalue weighted by Crippen LogP contribution is -2.30. The molecule has 0 saturated heterocycles. The first kappa shape index (κ1) is 25.2. The number of aromatic nitrogens is 2. The molecule has 1 heterocycles. The van der Waals surface area contributed by atoms with Crippen LogP contribution in [0.4, 0.5) is 24.8 Å². The van der Waals surface area contributed by atoms with Crippen LogP contribution < -0.4 is 14.4 Å². The van der Waals surface area contributed by atoms with Crippen molar-refractivity contribution in [3.63, 3.8) is 0 Å². The monoisotopic (exact) mass is 491 g/mol. The molecule has 9 heteroatoms. The van der Waals surface area contributed by atoms with E-state index in [1.165, 1.54) is 12.1 Å². The molecular weight excluding hydrogens is 459 g/mol. The quantitative estimate of drug-likeness (QED) is 0.422. The predicted molar refractivity (Wildman–Crippen MR) is 129 cm³/mol. The molecule has 1 aromatic heterocycles. The maximum atomic E-state index is 12.6. The highest BCUT2D eigenvalue weighted by Crippen LogP contribution is 2.47. The Kier molecular flexibility index (Phi) is 6.66. The first-order chi connectivity index (χ1) is 16.4. The van der Waals surface area contributed by atoms with Crippen molar-refractivity contribution in [2.75, 3.05) is 19.1 Å². The fourth-order valence-corrected chi connectivity index (χ4v) is 5.54. The molecular formula is C26H32F3N3O3. The summed E-state index contributed by atoms with van der Waals surface area (Å²) in [5.74, 6) is 1.52. The van der Waals surface area contributed by atoms with Crippen LogP contribution in [-0.4, -0.2) is 35.2 Å². The molecule has 1 aliphatic rings. The number of imidazole rings is 1. The van der Waals surface area contributed by atoms with Crippen LogP contribution in [0.2, 0.25) is 0 Å². The third-order valence-corrected chi connectivity index (χ3v) is 6.73. The molecule has 2 aromatic carbocycles. The van der Waals surface area contributed by atoms with Gasteiger partial charge in [-0.15, -0.1) is 13.2 Å². The van der Waals surface area contributed by atoms with E-state index in [2.05, 4.69) is 30.1 Å². The summed E-state index contributed by atoms with van der Waals surface area (Å²) in [7, 11) is 3.42. The zero-order valence-corrected chi connectivity index (χ0v) is 20.7. The number of benzene rings is 2. The van der Waals surface area contributed by atoms with Crippen LogP contribution in [0.15, 0.2) is 36.4 Å². The van der Waals surface area contributed by atoms with E-state index in [4.69, 9.17) is 9.72 Å². The van der Waals surface area contributed by atoms with Crippen molar-refractivity contribution in [1.29, 1.82) is 0 Å². The molecule has 0 bridgehead atoms. The summed E-state index contributed by atoms with van der Waals surface area (Å²) in [4.78, 5) is 6.78. The van der Waals surface area contributed by atoms with Crippen LogP contribution in [-0.2, 0) is 6.61 Å². The van der Waals surface area contributed by atoms with Crippen LogP contribution in [0, 0.1) is 11.3 Å². The molecule has 1 aliphatic carbocycles. The molecule has 1 saturated carbocycles. The molecule has 3 aromatic rings. The van der Waals surface area contributed by atoms with Gasteiger partial charge >= 0.3 is 6.36 Å². The van der Waals surface area contributed by atoms with Crippen molar-refractivity contribution in [3.05, 3.63) is 42.0 Å². The number of alkyl halides is 3. The fourth-order valence-electron chi connectivity index (χ4n) is 5.54. The summed E-state index contributed by atoms with van der Waals surface area (Å²) in [5.41, 5.74) is 3.09. The lowest BCUT2D eigenvalue weighted by Gasteiger charge is -2.40. The molecule has 4 rings (SSSR count). The normalized spacial score (nSPS) is 20.1. The van der Waals surface area contributed by atoms with Gasteiger partial charge in [0.25, 0.3) is 0 Å². The van der Waals surface area contributed by atoms with E-state index >= 15 is 0 Å². The van der Waals surface area contributed by atoms with E-state index in [0.29, 0.717) is 28.9 Å². The zero-order valence-electron chi connectivity index (χ0n) is 20.7. The van der Waals surface area contributed by atoms with E-state index in [-0.39, 0.29) is 23.8 Å². The van der Waals surface area contributed by atoms with Gasteiger partial charge in [-0.2, -0.15) is 0 Å². The van der Waals surface area contributed by atoms with E-state index in [0.717, 1.165) is 30.3 Å². The Morgan fingerprint density at radius 2 is 1.86 bits per heavy atom. The summed E-state index contributed by atoms with van der Waals surface area (Å²) < 4.78 is 49.5. The highest BCUT2D eigenvalue weighted by Gasteiger charge is 2.35. The first-order valence-electron chi connectivity index (χ1n) is 11.7. The van der Waals surface area contributed by atoms with Gasteiger partial charge in [-0.3, -0.25) is 0 Å². The predicted octanol–water partition coefficient (Wildman–Crippen LogP) is 6.59. The van der Waals surface area contributed by atoms with Crippen molar-refractivity contribution >= 4 is 22.7 Å². The highest BCUT2D eigenvalue weighted by atomic mass is 19.4. The lowest BCUT2D eigenvalue weighted by atomic mass is 9.70. The number of hydrogen-bond donors (Lipinski definition) is 1. The number of ether oxygens (including phenoxy) is 2. The fraction of sp³-hybridized carbons (Fsp3) is 0.500. The average molecular weight is 492 g/mol. The number of fused-ring (bicyclic) bond motifs is 1. The van der Waals surface area contributed by atoms with Crippen molar-refractivity contribution in [2.45, 2.75) is 59.0 Å². The summed E-state index contributed by atoms with van der Waals surface area (Å²) in [5, 5.41) is 9.81. The van der Waals surface area contributed by atoms with E-state index < -0.39 is 6.36 Å². The van der Waals surface area contributed by atoms with Gasteiger partial charge in [0.15, 0.2) is 0 Å². The second-order valence-electron chi connectivity index (χ2n) is 10.3. The van der Waals surface area contributed by atoms with Gasteiger partial charge in [0.2, 0.25) is 5.95 Å². The van der Waals surface area contributed by atoms with Gasteiger partial charge < -0.3 is 24.0 Å². The molecule has 0 aliphatic heterocycles. The number of hydrogen-bond acceptors (Lipinski definition) is 5. The van der Waals surface area contributed by atoms with E-state index in [9.17, 15) is 18.3 Å². The summed E-state index contributed by atoms with van der Waals surface area (Å²) in [6.07, 6.45) is -1.65. The molecule has 1 N–H and O–H groups in total. The first-order valence-corrected chi connectivity index (χ1v) is 11.7. The van der Waals surface area contributed by atoms with Gasteiger partial charge in [-0.1, -0.05) is 20.8 Å². The molecule has 2 atom stereocenters. The third kappa shape index (κ3) is 5.34. The molecule has 0 spiro atoms. The van der Waals surface area contributed by atoms with Crippen molar-refractivity contribution in [3.8, 4) is 11.5 Å². The number of nitrogens with zero attached hydrogens (tertiary/aromatic N) is 3. The SMILES string of the molecule is COc1cc2c(cc1CO)nc(N(C)c1ccc(OC(F)(F)F)cc1)n2[C@H]1C[C@@H](C)CC(C)(C)C1. The van der Waals surface area contributed by atoms with Crippen LogP contribution in [0.25, 0.3) is 11.0 Å².